The number of rotatable bonds is 9. The van der Waals surface area contributed by atoms with Crippen LogP contribution in [0, 0.1) is 0 Å². The Morgan fingerprint density at radius 3 is 2.28 bits per heavy atom. The van der Waals surface area contributed by atoms with Gasteiger partial charge in [0.15, 0.2) is 0 Å². The van der Waals surface area contributed by atoms with Crippen molar-refractivity contribution in [2.75, 3.05) is 27.2 Å². The molecule has 0 heterocycles. The number of nitrogens with one attached hydrogen (secondary N) is 1. The van der Waals surface area contributed by atoms with Crippen LogP contribution in [0.5, 0.6) is 0 Å². The minimum absolute atomic E-state index is 0.150. The number of hydrogen-bond donors (Lipinski definition) is 4. The molecule has 0 aromatic rings. The summed E-state index contributed by atoms with van der Waals surface area (Å²) in [5.74, 6) is -1.12. The highest BCUT2D eigenvalue weighted by Crippen LogP contribution is 2.11. The van der Waals surface area contributed by atoms with E-state index in [1.54, 1.807) is 0 Å². The van der Waals surface area contributed by atoms with E-state index in [1.165, 1.54) is 0 Å². The fraction of sp³-hybridized carbons (Fsp3) is 0.818. The summed E-state index contributed by atoms with van der Waals surface area (Å²) in [5, 5.41) is 10.2. The second kappa shape index (κ2) is 9.52. The summed E-state index contributed by atoms with van der Waals surface area (Å²) in [7, 11) is 3.95. The Labute approximate surface area is 119 Å². The largest absolute Gasteiger partial charge is 0.480 e. The summed E-state index contributed by atoms with van der Waals surface area (Å²) in [4.78, 5) is 24.2. The Morgan fingerprint density at radius 2 is 1.78 bits per heavy atom. The zero-order chi connectivity index (χ0) is 14.1. The Balaban J connectivity index is 3.73. The number of hydrogen-bond acceptors (Lipinski definition) is 5. The Hall–Kier alpha value is -0.400. The van der Waals surface area contributed by atoms with E-state index in [2.05, 4.69) is 30.6 Å². The summed E-state index contributed by atoms with van der Waals surface area (Å²) in [5.41, 5.74) is 0. The smallest absolute Gasteiger partial charge is 0.316 e. The van der Waals surface area contributed by atoms with Crippen LogP contribution in [0.3, 0.4) is 0 Å². The molecule has 0 aliphatic carbocycles. The summed E-state index contributed by atoms with van der Waals surface area (Å²) < 4.78 is 0. The van der Waals surface area contributed by atoms with Crippen molar-refractivity contribution in [2.45, 2.75) is 29.8 Å². The first kappa shape index (κ1) is 17.6. The Kier molecular flexibility index (Phi) is 9.31. The van der Waals surface area contributed by atoms with E-state index in [0.717, 1.165) is 13.0 Å². The summed E-state index contributed by atoms with van der Waals surface area (Å²) in [6.07, 6.45) is 1.62. The number of carbonyl (C=O) groups is 2. The molecule has 0 radical (unpaired) electrons. The lowest BCUT2D eigenvalue weighted by atomic mass is 10.1. The maximum atomic E-state index is 11.6. The molecule has 0 saturated heterocycles. The van der Waals surface area contributed by atoms with Gasteiger partial charge in [-0.05, 0) is 39.9 Å². The van der Waals surface area contributed by atoms with E-state index >= 15 is 0 Å². The fourth-order valence-corrected chi connectivity index (χ4v) is 1.68. The molecule has 2 atom stereocenters. The van der Waals surface area contributed by atoms with Crippen LogP contribution in [0.4, 0.5) is 0 Å². The van der Waals surface area contributed by atoms with Gasteiger partial charge in [-0.15, -0.1) is 0 Å². The van der Waals surface area contributed by atoms with Crippen molar-refractivity contribution in [1.29, 1.82) is 0 Å². The number of carboxylic acid groups (broad SMARTS) is 1. The van der Waals surface area contributed by atoms with Crippen LogP contribution in [-0.2, 0) is 9.59 Å². The summed E-state index contributed by atoms with van der Waals surface area (Å²) >= 11 is 8.07. The Morgan fingerprint density at radius 1 is 1.22 bits per heavy atom. The highest BCUT2D eigenvalue weighted by Gasteiger charge is 2.18. The lowest BCUT2D eigenvalue weighted by Gasteiger charge is -2.13. The van der Waals surface area contributed by atoms with Gasteiger partial charge in [-0.25, -0.2) is 0 Å². The molecule has 106 valence electrons. The molecule has 0 spiro atoms. The summed E-state index contributed by atoms with van der Waals surface area (Å²) in [6.45, 7) is 1.52. The predicted octanol–water partition coefficient (Wildman–Crippen LogP) is 0.516. The predicted molar refractivity (Wildman–Crippen MR) is 78.6 cm³/mol. The first-order valence-corrected chi connectivity index (χ1v) is 6.89. The molecule has 1 amide bonds. The average Bonchev–Trinajstić information content (AvgIpc) is 2.30. The van der Waals surface area contributed by atoms with Gasteiger partial charge in [0.1, 0.15) is 0 Å². The third kappa shape index (κ3) is 8.66. The molecule has 7 heteroatoms. The molecule has 5 nitrogen and oxygen atoms in total. The van der Waals surface area contributed by atoms with Gasteiger partial charge >= 0.3 is 5.97 Å². The molecule has 0 bridgehead atoms. The van der Waals surface area contributed by atoms with Gasteiger partial charge in [0.25, 0.3) is 0 Å². The van der Waals surface area contributed by atoms with Crippen molar-refractivity contribution >= 4 is 37.1 Å². The maximum absolute atomic E-state index is 11.6. The van der Waals surface area contributed by atoms with E-state index in [-0.39, 0.29) is 5.91 Å². The van der Waals surface area contributed by atoms with E-state index in [0.29, 0.717) is 19.4 Å². The van der Waals surface area contributed by atoms with Crippen LogP contribution >= 0.6 is 25.3 Å². The van der Waals surface area contributed by atoms with E-state index in [4.69, 9.17) is 5.11 Å². The first-order valence-electron chi connectivity index (χ1n) is 5.86. The molecule has 0 rings (SSSR count). The van der Waals surface area contributed by atoms with E-state index in [1.807, 2.05) is 19.0 Å². The zero-order valence-corrected chi connectivity index (χ0v) is 12.6. The number of aliphatic carboxylic acids is 1. The molecule has 0 aromatic heterocycles. The highest BCUT2D eigenvalue weighted by atomic mass is 32.1. The first-order chi connectivity index (χ1) is 8.34. The molecule has 0 saturated carbocycles. The lowest BCUT2D eigenvalue weighted by molar-refractivity contribution is -0.136. The number of carboxylic acids is 1. The van der Waals surface area contributed by atoms with E-state index < -0.39 is 16.5 Å². The van der Waals surface area contributed by atoms with Crippen LogP contribution in [0.15, 0.2) is 0 Å². The SMILES string of the molecule is CN(C)CCCNC(=O)C(S)CCC(S)C(=O)O. The van der Waals surface area contributed by atoms with Crippen molar-refractivity contribution < 1.29 is 14.7 Å². The molecule has 2 N–H and O–H groups in total. The van der Waals surface area contributed by atoms with Crippen molar-refractivity contribution in [3.63, 3.8) is 0 Å². The molecule has 0 aromatic carbocycles. The number of thiol groups is 2. The van der Waals surface area contributed by atoms with Gasteiger partial charge in [0.2, 0.25) is 5.91 Å². The molecule has 2 unspecified atom stereocenters. The molecular formula is C11H22N2O3S2. The van der Waals surface area contributed by atoms with Gasteiger partial charge in [-0.2, -0.15) is 25.3 Å². The third-order valence-corrected chi connectivity index (χ3v) is 3.35. The van der Waals surface area contributed by atoms with Crippen LogP contribution in [0.1, 0.15) is 19.3 Å². The van der Waals surface area contributed by atoms with Crippen LogP contribution < -0.4 is 5.32 Å². The second-order valence-electron chi connectivity index (χ2n) is 4.40. The average molecular weight is 294 g/mol. The maximum Gasteiger partial charge on any atom is 0.316 e. The fourth-order valence-electron chi connectivity index (χ4n) is 1.29. The van der Waals surface area contributed by atoms with Crippen LogP contribution in [0.25, 0.3) is 0 Å². The van der Waals surface area contributed by atoms with Crippen molar-refractivity contribution in [2.24, 2.45) is 0 Å². The zero-order valence-electron chi connectivity index (χ0n) is 10.8. The number of carbonyl (C=O) groups excluding carboxylic acids is 1. The van der Waals surface area contributed by atoms with Gasteiger partial charge in [-0.1, -0.05) is 0 Å². The Bertz CT molecular complexity index is 275. The topological polar surface area (TPSA) is 69.6 Å². The summed E-state index contributed by atoms with van der Waals surface area (Å²) in [6, 6.07) is 0. The van der Waals surface area contributed by atoms with Gasteiger partial charge < -0.3 is 15.3 Å². The standard InChI is InChI=1S/C11H22N2O3S2/c1-13(2)7-3-6-12-10(14)8(17)4-5-9(18)11(15)16/h8-9,17-18H,3-7H2,1-2H3,(H,12,14)(H,15,16). The van der Waals surface area contributed by atoms with Crippen molar-refractivity contribution in [3.8, 4) is 0 Å². The number of nitrogens with zero attached hydrogens (tertiary/aromatic N) is 1. The van der Waals surface area contributed by atoms with Crippen molar-refractivity contribution in [3.05, 3.63) is 0 Å². The monoisotopic (exact) mass is 294 g/mol. The van der Waals surface area contributed by atoms with Crippen LogP contribution in [0.2, 0.25) is 0 Å². The normalized spacial score (nSPS) is 14.3. The molecular weight excluding hydrogens is 272 g/mol. The van der Waals surface area contributed by atoms with Gasteiger partial charge in [0.05, 0.1) is 10.5 Å². The molecule has 18 heavy (non-hydrogen) atoms. The minimum Gasteiger partial charge on any atom is -0.480 e. The molecule has 0 aliphatic rings. The third-order valence-electron chi connectivity index (χ3n) is 2.38. The lowest BCUT2D eigenvalue weighted by Crippen LogP contribution is -2.34. The highest BCUT2D eigenvalue weighted by molar-refractivity contribution is 7.82. The molecule has 0 fully saturated rings. The van der Waals surface area contributed by atoms with Crippen molar-refractivity contribution in [1.82, 2.24) is 10.2 Å². The quantitative estimate of drug-likeness (QED) is 0.370. The molecule has 0 aliphatic heterocycles. The minimum atomic E-state index is -0.967. The van der Waals surface area contributed by atoms with Gasteiger partial charge in [-0.3, -0.25) is 9.59 Å². The van der Waals surface area contributed by atoms with E-state index in [9.17, 15) is 9.59 Å². The number of amides is 1. The second-order valence-corrected chi connectivity index (χ2v) is 5.64. The van der Waals surface area contributed by atoms with Gasteiger partial charge in [0, 0.05) is 6.54 Å². The van der Waals surface area contributed by atoms with Crippen LogP contribution in [-0.4, -0.2) is 59.6 Å².